The first-order valence-electron chi connectivity index (χ1n) is 8.17. The zero-order chi connectivity index (χ0) is 15.4. The van der Waals surface area contributed by atoms with Gasteiger partial charge in [-0.05, 0) is 59.9 Å². The molecule has 0 amide bonds. The Labute approximate surface area is 126 Å². The van der Waals surface area contributed by atoms with E-state index in [0.717, 1.165) is 13.1 Å². The average molecular weight is 284 g/mol. The monoisotopic (exact) mass is 284 g/mol. The van der Waals surface area contributed by atoms with E-state index in [1.165, 1.54) is 32.1 Å². The summed E-state index contributed by atoms with van der Waals surface area (Å²) in [4.78, 5) is 2.35. The zero-order valence-electron chi connectivity index (χ0n) is 14.6. The van der Waals surface area contributed by atoms with Gasteiger partial charge in [-0.25, -0.2) is 0 Å². The lowest BCUT2D eigenvalue weighted by atomic mass is 9.72. The van der Waals surface area contributed by atoms with Crippen molar-refractivity contribution in [3.05, 3.63) is 0 Å². The smallest absolute Gasteiger partial charge is 0.0609 e. The molecule has 120 valence electrons. The molecule has 1 fully saturated rings. The Hall–Kier alpha value is -0.120. The van der Waals surface area contributed by atoms with Crippen molar-refractivity contribution in [1.29, 1.82) is 0 Å². The average Bonchev–Trinajstić information content (AvgIpc) is 2.37. The molecule has 0 aliphatic heterocycles. The van der Waals surface area contributed by atoms with Gasteiger partial charge in [0, 0.05) is 24.2 Å². The quantitative estimate of drug-likeness (QED) is 0.787. The van der Waals surface area contributed by atoms with Crippen molar-refractivity contribution in [3.8, 4) is 0 Å². The van der Waals surface area contributed by atoms with Gasteiger partial charge < -0.3 is 10.4 Å². The van der Waals surface area contributed by atoms with E-state index in [1.54, 1.807) is 0 Å². The van der Waals surface area contributed by atoms with Crippen molar-refractivity contribution in [2.75, 3.05) is 26.7 Å². The molecule has 0 spiro atoms. The summed E-state index contributed by atoms with van der Waals surface area (Å²) < 4.78 is 0. The van der Waals surface area contributed by atoms with E-state index in [9.17, 15) is 5.11 Å². The lowest BCUT2D eigenvalue weighted by molar-refractivity contribution is 0.0235. The first kappa shape index (κ1) is 17.9. The third-order valence-electron chi connectivity index (χ3n) is 4.90. The van der Waals surface area contributed by atoms with Crippen LogP contribution in [-0.2, 0) is 0 Å². The molecular formula is C17H36N2O. The first-order valence-corrected chi connectivity index (χ1v) is 8.17. The van der Waals surface area contributed by atoms with Gasteiger partial charge in [0.2, 0.25) is 0 Å². The van der Waals surface area contributed by atoms with Crippen LogP contribution in [0.15, 0.2) is 0 Å². The van der Waals surface area contributed by atoms with Crippen molar-refractivity contribution >= 4 is 0 Å². The van der Waals surface area contributed by atoms with Gasteiger partial charge in [0.15, 0.2) is 0 Å². The number of nitrogens with zero attached hydrogens (tertiary/aromatic N) is 1. The molecule has 1 saturated carbocycles. The van der Waals surface area contributed by atoms with E-state index >= 15 is 0 Å². The molecule has 1 aliphatic carbocycles. The van der Waals surface area contributed by atoms with Gasteiger partial charge >= 0.3 is 0 Å². The van der Waals surface area contributed by atoms with Gasteiger partial charge in [-0.15, -0.1) is 0 Å². The van der Waals surface area contributed by atoms with E-state index in [-0.39, 0.29) is 17.7 Å². The standard InChI is InChI=1S/C17H36N2O/c1-15(2,3)18-12-17(10-8-7-9-11-17)13-19(6)16(4,5)14-20/h18,20H,7-14H2,1-6H3. The van der Waals surface area contributed by atoms with Crippen LogP contribution < -0.4 is 5.32 Å². The molecule has 3 nitrogen and oxygen atoms in total. The predicted molar refractivity (Wildman–Crippen MR) is 87.1 cm³/mol. The largest absolute Gasteiger partial charge is 0.394 e. The summed E-state index contributed by atoms with van der Waals surface area (Å²) in [5.41, 5.74) is 0.411. The highest BCUT2D eigenvalue weighted by Gasteiger charge is 2.37. The molecule has 0 aromatic heterocycles. The van der Waals surface area contributed by atoms with Crippen molar-refractivity contribution in [2.24, 2.45) is 5.41 Å². The number of hydrogen-bond donors (Lipinski definition) is 2. The molecule has 3 heteroatoms. The third-order valence-corrected chi connectivity index (χ3v) is 4.90. The van der Waals surface area contributed by atoms with Gasteiger partial charge in [-0.3, -0.25) is 4.90 Å². The number of nitrogens with one attached hydrogen (secondary N) is 1. The van der Waals surface area contributed by atoms with Crippen LogP contribution in [0.1, 0.15) is 66.7 Å². The summed E-state index contributed by atoms with van der Waals surface area (Å²) in [5.74, 6) is 0. The van der Waals surface area contributed by atoms with Crippen LogP contribution in [-0.4, -0.2) is 47.8 Å². The van der Waals surface area contributed by atoms with Crippen LogP contribution >= 0.6 is 0 Å². The van der Waals surface area contributed by atoms with Gasteiger partial charge in [-0.1, -0.05) is 19.3 Å². The fourth-order valence-electron chi connectivity index (χ4n) is 2.98. The first-order chi connectivity index (χ1) is 9.10. The highest BCUT2D eigenvalue weighted by atomic mass is 16.3. The Morgan fingerprint density at radius 3 is 2.05 bits per heavy atom. The van der Waals surface area contributed by atoms with E-state index in [0.29, 0.717) is 5.41 Å². The van der Waals surface area contributed by atoms with Crippen molar-refractivity contribution in [3.63, 3.8) is 0 Å². The molecule has 0 heterocycles. The Morgan fingerprint density at radius 1 is 1.05 bits per heavy atom. The zero-order valence-corrected chi connectivity index (χ0v) is 14.6. The number of hydrogen-bond acceptors (Lipinski definition) is 3. The fraction of sp³-hybridized carbons (Fsp3) is 1.00. The summed E-state index contributed by atoms with van der Waals surface area (Å²) in [6.07, 6.45) is 6.69. The SMILES string of the molecule is CN(CC1(CNC(C)(C)C)CCCCC1)C(C)(C)CO. The maximum Gasteiger partial charge on any atom is 0.0609 e. The molecule has 2 N–H and O–H groups in total. The third kappa shape index (κ3) is 5.34. The summed E-state index contributed by atoms with van der Waals surface area (Å²) in [7, 11) is 2.16. The van der Waals surface area contributed by atoms with Crippen LogP contribution in [0.5, 0.6) is 0 Å². The Morgan fingerprint density at radius 2 is 1.60 bits per heavy atom. The minimum Gasteiger partial charge on any atom is -0.394 e. The van der Waals surface area contributed by atoms with Crippen LogP contribution in [0.3, 0.4) is 0 Å². The summed E-state index contributed by atoms with van der Waals surface area (Å²) in [6.45, 7) is 13.3. The van der Waals surface area contributed by atoms with Crippen molar-refractivity contribution in [1.82, 2.24) is 10.2 Å². The Balaban J connectivity index is 2.73. The molecule has 0 aromatic carbocycles. The number of rotatable bonds is 6. The van der Waals surface area contributed by atoms with Crippen LogP contribution in [0.4, 0.5) is 0 Å². The van der Waals surface area contributed by atoms with E-state index in [1.807, 2.05) is 0 Å². The molecule has 0 radical (unpaired) electrons. The topological polar surface area (TPSA) is 35.5 Å². The minimum atomic E-state index is -0.133. The van der Waals surface area contributed by atoms with Gasteiger partial charge in [0.25, 0.3) is 0 Å². The highest BCUT2D eigenvalue weighted by molar-refractivity contribution is 4.92. The maximum atomic E-state index is 9.58. The van der Waals surface area contributed by atoms with Gasteiger partial charge in [-0.2, -0.15) is 0 Å². The molecule has 0 saturated heterocycles. The van der Waals surface area contributed by atoms with E-state index in [4.69, 9.17) is 0 Å². The molecule has 1 aliphatic rings. The Bertz CT molecular complexity index is 288. The summed E-state index contributed by atoms with van der Waals surface area (Å²) in [5, 5.41) is 13.3. The van der Waals surface area contributed by atoms with Gasteiger partial charge in [0.05, 0.1) is 6.61 Å². The number of aliphatic hydroxyl groups excluding tert-OH is 1. The maximum absolute atomic E-state index is 9.58. The minimum absolute atomic E-state index is 0.133. The fourth-order valence-corrected chi connectivity index (χ4v) is 2.98. The van der Waals surface area contributed by atoms with Crippen molar-refractivity contribution < 1.29 is 5.11 Å². The van der Waals surface area contributed by atoms with Crippen molar-refractivity contribution in [2.45, 2.75) is 77.8 Å². The van der Waals surface area contributed by atoms with Gasteiger partial charge in [0.1, 0.15) is 0 Å². The molecule has 0 aromatic rings. The number of likely N-dealkylation sites (N-methyl/N-ethyl adjacent to an activating group) is 1. The van der Waals surface area contributed by atoms with E-state index < -0.39 is 0 Å². The van der Waals surface area contributed by atoms with Crippen LogP contribution in [0.25, 0.3) is 0 Å². The predicted octanol–water partition coefficient (Wildman–Crippen LogP) is 3.03. The van der Waals surface area contributed by atoms with E-state index in [2.05, 4.69) is 51.9 Å². The summed E-state index contributed by atoms with van der Waals surface area (Å²) >= 11 is 0. The number of aliphatic hydroxyl groups is 1. The second-order valence-corrected chi connectivity index (χ2v) is 8.49. The second kappa shape index (κ2) is 6.76. The normalized spacial score (nSPS) is 20.4. The molecule has 0 atom stereocenters. The Kier molecular flexibility index (Phi) is 6.06. The molecule has 1 rings (SSSR count). The van der Waals surface area contributed by atoms with Crippen LogP contribution in [0, 0.1) is 5.41 Å². The summed E-state index contributed by atoms with van der Waals surface area (Å²) in [6, 6.07) is 0. The lowest BCUT2D eigenvalue weighted by Gasteiger charge is -2.46. The van der Waals surface area contributed by atoms with Crippen LogP contribution in [0.2, 0.25) is 0 Å². The molecular weight excluding hydrogens is 248 g/mol. The lowest BCUT2D eigenvalue weighted by Crippen LogP contribution is -2.54. The molecule has 20 heavy (non-hydrogen) atoms. The second-order valence-electron chi connectivity index (χ2n) is 8.49. The molecule has 0 bridgehead atoms. The molecule has 0 unspecified atom stereocenters. The highest BCUT2D eigenvalue weighted by Crippen LogP contribution is 2.37.